The van der Waals surface area contributed by atoms with Crippen LogP contribution in [-0.2, 0) is 27.5 Å². The second-order valence-electron chi connectivity index (χ2n) is 10.0. The number of carboxylic acids is 2. The van der Waals surface area contributed by atoms with E-state index in [4.69, 9.17) is 24.4 Å². The summed E-state index contributed by atoms with van der Waals surface area (Å²) in [5.41, 5.74) is 1.77. The number of nitrogens with zero attached hydrogens (tertiary/aromatic N) is 3. The molecule has 13 nitrogen and oxygen atoms in total. The zero-order valence-electron chi connectivity index (χ0n) is 23.3. The smallest absolute Gasteiger partial charge is 0.306 e. The molecule has 0 bridgehead atoms. The van der Waals surface area contributed by atoms with Crippen molar-refractivity contribution in [3.63, 3.8) is 0 Å². The highest BCUT2D eigenvalue weighted by Crippen LogP contribution is 2.35. The molecule has 3 aromatic heterocycles. The summed E-state index contributed by atoms with van der Waals surface area (Å²) in [5.74, 6) is -3.80. The van der Waals surface area contributed by atoms with E-state index in [0.29, 0.717) is 38.5 Å². The molecular weight excluding hydrogens is 570 g/mol. The first-order chi connectivity index (χ1) is 20.0. The Balaban J connectivity index is 1.31. The Bertz CT molecular complexity index is 1520. The Labute approximate surface area is 244 Å². The highest BCUT2D eigenvalue weighted by molar-refractivity contribution is 7.20. The number of carboxylic acid groups (broad SMARTS) is 2. The number of carbonyl (C=O) groups is 4. The average Bonchev–Trinajstić information content (AvgIpc) is 3.55. The van der Waals surface area contributed by atoms with Gasteiger partial charge in [-0.25, -0.2) is 9.97 Å². The minimum absolute atomic E-state index is 0.0202. The van der Waals surface area contributed by atoms with Gasteiger partial charge < -0.3 is 34.4 Å². The van der Waals surface area contributed by atoms with E-state index in [0.717, 1.165) is 0 Å². The highest BCUT2D eigenvalue weighted by Gasteiger charge is 2.28. The lowest BCUT2D eigenvalue weighted by Crippen LogP contribution is -2.28. The van der Waals surface area contributed by atoms with Gasteiger partial charge in [0.1, 0.15) is 0 Å². The molecule has 1 aliphatic rings. The molecule has 0 saturated heterocycles. The number of aliphatic carboxylic acids is 2. The number of carbonyl (C=O) groups excluding carboxylic acids is 2. The number of ether oxygens (including phenoxy) is 3. The van der Waals surface area contributed by atoms with Crippen molar-refractivity contribution < 1.29 is 48.7 Å². The normalized spacial score (nSPS) is 13.8. The van der Waals surface area contributed by atoms with Crippen LogP contribution in [-0.4, -0.2) is 74.1 Å². The van der Waals surface area contributed by atoms with Crippen LogP contribution in [0.3, 0.4) is 0 Å². The standard InChI is InChI=1S/C28H31N3O10S/c1-14(27(35)36)7-19(32)23-10-17-22(42-23)11-21(39-3)26(29-17)41-6-4-5-40-25-20(33)9-16-12-31(13-18(16)30-25)24(34)8-15(2)28(37)38/h9-11,14-15,33H,4-8,12-13H2,1-3H3,(H,35,36)(H,37,38)/t14-,15-/m0/s1. The molecule has 1 aliphatic heterocycles. The number of ketones is 1. The van der Waals surface area contributed by atoms with Crippen LogP contribution in [0.5, 0.6) is 23.3 Å². The Morgan fingerprint density at radius 3 is 2.29 bits per heavy atom. The molecule has 4 rings (SSSR count). The molecule has 0 aliphatic carbocycles. The third kappa shape index (κ3) is 7.05. The summed E-state index contributed by atoms with van der Waals surface area (Å²) in [7, 11) is 1.47. The van der Waals surface area contributed by atoms with Crippen LogP contribution in [0.15, 0.2) is 18.2 Å². The van der Waals surface area contributed by atoms with Gasteiger partial charge in [0.25, 0.3) is 11.8 Å². The van der Waals surface area contributed by atoms with Crippen LogP contribution < -0.4 is 14.2 Å². The van der Waals surface area contributed by atoms with E-state index < -0.39 is 23.8 Å². The van der Waals surface area contributed by atoms with Crippen molar-refractivity contribution in [2.45, 2.75) is 46.2 Å². The van der Waals surface area contributed by atoms with Gasteiger partial charge in [0.15, 0.2) is 17.3 Å². The van der Waals surface area contributed by atoms with E-state index >= 15 is 0 Å². The van der Waals surface area contributed by atoms with Gasteiger partial charge in [0.2, 0.25) is 5.91 Å². The zero-order chi connectivity index (χ0) is 30.6. The predicted octanol–water partition coefficient (Wildman–Crippen LogP) is 3.50. The van der Waals surface area contributed by atoms with Crippen molar-refractivity contribution in [1.82, 2.24) is 14.9 Å². The number of methoxy groups -OCH3 is 1. The van der Waals surface area contributed by atoms with E-state index in [9.17, 15) is 24.3 Å². The van der Waals surface area contributed by atoms with E-state index in [-0.39, 0.29) is 68.3 Å². The summed E-state index contributed by atoms with van der Waals surface area (Å²) in [4.78, 5) is 57.8. The summed E-state index contributed by atoms with van der Waals surface area (Å²) < 4.78 is 17.5. The molecule has 0 fully saturated rings. The second-order valence-corrected chi connectivity index (χ2v) is 11.1. The van der Waals surface area contributed by atoms with Gasteiger partial charge in [-0.2, -0.15) is 0 Å². The van der Waals surface area contributed by atoms with Crippen molar-refractivity contribution in [3.8, 4) is 23.3 Å². The summed E-state index contributed by atoms with van der Waals surface area (Å²) in [5, 5.41) is 28.5. The topological polar surface area (TPSA) is 186 Å². The Morgan fingerprint density at radius 2 is 1.62 bits per heavy atom. The fourth-order valence-electron chi connectivity index (χ4n) is 4.22. The van der Waals surface area contributed by atoms with E-state index in [2.05, 4.69) is 9.97 Å². The molecule has 1 amide bonds. The van der Waals surface area contributed by atoms with Crippen LogP contribution in [0.2, 0.25) is 0 Å². The second kappa shape index (κ2) is 13.0. The maximum absolute atomic E-state index is 12.5. The number of fused-ring (bicyclic) bond motifs is 2. The first-order valence-electron chi connectivity index (χ1n) is 13.2. The lowest BCUT2D eigenvalue weighted by Gasteiger charge is -2.16. The molecule has 0 saturated carbocycles. The summed E-state index contributed by atoms with van der Waals surface area (Å²) in [6.07, 6.45) is 0.169. The molecule has 0 radical (unpaired) electrons. The first-order valence-corrected chi connectivity index (χ1v) is 14.0. The minimum atomic E-state index is -1.04. The number of hydrogen-bond donors (Lipinski definition) is 3. The van der Waals surface area contributed by atoms with Crippen LogP contribution in [0, 0.1) is 11.8 Å². The van der Waals surface area contributed by atoms with Crippen molar-refractivity contribution in [1.29, 1.82) is 0 Å². The first kappa shape index (κ1) is 30.5. The van der Waals surface area contributed by atoms with E-state index in [1.807, 2.05) is 0 Å². The lowest BCUT2D eigenvalue weighted by atomic mass is 10.0. The Hall–Kier alpha value is -4.46. The number of aromatic nitrogens is 2. The van der Waals surface area contributed by atoms with Gasteiger partial charge >= 0.3 is 11.9 Å². The number of Topliss-reactive ketones (excluding diaryl/α,β-unsaturated/α-hetero) is 1. The third-order valence-corrected chi connectivity index (χ3v) is 7.82. The Kier molecular flexibility index (Phi) is 9.45. The molecule has 42 heavy (non-hydrogen) atoms. The maximum atomic E-state index is 12.5. The molecule has 14 heteroatoms. The van der Waals surface area contributed by atoms with Gasteiger partial charge in [-0.15, -0.1) is 11.3 Å². The van der Waals surface area contributed by atoms with Crippen LogP contribution in [0.1, 0.15) is 54.0 Å². The van der Waals surface area contributed by atoms with Gasteiger partial charge in [0.05, 0.1) is 59.5 Å². The fraction of sp³-hybridized carbons (Fsp3) is 0.429. The number of rotatable bonds is 14. The fourth-order valence-corrected chi connectivity index (χ4v) is 5.20. The molecular formula is C28H31N3O10S. The van der Waals surface area contributed by atoms with Crippen LogP contribution in [0.4, 0.5) is 0 Å². The summed E-state index contributed by atoms with van der Waals surface area (Å²) in [6, 6.07) is 4.81. The number of amides is 1. The molecule has 0 aromatic carbocycles. The summed E-state index contributed by atoms with van der Waals surface area (Å²) >= 11 is 1.21. The third-order valence-electron chi connectivity index (χ3n) is 6.70. The number of pyridine rings is 2. The maximum Gasteiger partial charge on any atom is 0.306 e. The quantitative estimate of drug-likeness (QED) is 0.181. The molecule has 0 spiro atoms. The monoisotopic (exact) mass is 601 g/mol. The molecule has 224 valence electrons. The highest BCUT2D eigenvalue weighted by atomic mass is 32.1. The average molecular weight is 602 g/mol. The van der Waals surface area contributed by atoms with Crippen molar-refractivity contribution >= 4 is 45.2 Å². The van der Waals surface area contributed by atoms with Crippen molar-refractivity contribution in [2.24, 2.45) is 11.8 Å². The van der Waals surface area contributed by atoms with E-state index in [1.165, 1.54) is 43.3 Å². The van der Waals surface area contributed by atoms with Gasteiger partial charge in [-0.1, -0.05) is 13.8 Å². The van der Waals surface area contributed by atoms with Crippen molar-refractivity contribution in [3.05, 3.63) is 34.3 Å². The molecule has 0 unspecified atom stereocenters. The van der Waals surface area contributed by atoms with Gasteiger partial charge in [-0.05, 0) is 17.7 Å². The number of aromatic hydroxyl groups is 1. The molecule has 3 N–H and O–H groups in total. The van der Waals surface area contributed by atoms with Crippen LogP contribution in [0.25, 0.3) is 10.2 Å². The lowest BCUT2D eigenvalue weighted by molar-refractivity contribution is -0.145. The minimum Gasteiger partial charge on any atom is -0.503 e. The molecule has 2 atom stereocenters. The largest absolute Gasteiger partial charge is 0.503 e. The Morgan fingerprint density at radius 1 is 0.952 bits per heavy atom. The van der Waals surface area contributed by atoms with Crippen molar-refractivity contribution in [2.75, 3.05) is 20.3 Å². The number of thiophene rings is 1. The molecule has 4 heterocycles. The van der Waals surface area contributed by atoms with Crippen LogP contribution >= 0.6 is 11.3 Å². The SMILES string of the molecule is COc1cc2sc(C(=O)C[C@H](C)C(=O)O)cc2nc1OCCCOc1nc2c(cc1O)CN(C(=O)C[C@H](C)C(=O)O)C2. The van der Waals surface area contributed by atoms with Gasteiger partial charge in [-0.3, -0.25) is 19.2 Å². The molecule has 3 aromatic rings. The van der Waals surface area contributed by atoms with Gasteiger partial charge in [0, 0.05) is 31.9 Å². The summed E-state index contributed by atoms with van der Waals surface area (Å²) in [6.45, 7) is 3.73. The zero-order valence-corrected chi connectivity index (χ0v) is 24.1. The predicted molar refractivity (Wildman–Crippen MR) is 149 cm³/mol. The number of hydrogen-bond acceptors (Lipinski definition) is 11. The van der Waals surface area contributed by atoms with E-state index in [1.54, 1.807) is 12.1 Å².